The fourth-order valence-electron chi connectivity index (χ4n) is 2.04. The summed E-state index contributed by atoms with van der Waals surface area (Å²) in [4.78, 5) is 10.7. The van der Waals surface area contributed by atoms with Crippen LogP contribution in [0.25, 0.3) is 0 Å². The first-order valence-electron chi connectivity index (χ1n) is 6.21. The third-order valence-corrected chi connectivity index (χ3v) is 3.18. The van der Waals surface area contributed by atoms with Gasteiger partial charge in [-0.05, 0) is 18.8 Å². The van der Waals surface area contributed by atoms with Crippen molar-refractivity contribution in [2.75, 3.05) is 36.5 Å². The van der Waals surface area contributed by atoms with Gasteiger partial charge in [0.05, 0.1) is 6.61 Å². The number of aliphatic hydroxyl groups excluding tert-OH is 1. The summed E-state index contributed by atoms with van der Waals surface area (Å²) in [6, 6.07) is 1.95. The molecule has 1 saturated heterocycles. The highest BCUT2D eigenvalue weighted by Gasteiger charge is 2.17. The lowest BCUT2D eigenvalue weighted by molar-refractivity contribution is 0.311. The molecule has 17 heavy (non-hydrogen) atoms. The molecule has 1 aromatic rings. The van der Waals surface area contributed by atoms with E-state index in [2.05, 4.69) is 27.1 Å². The number of rotatable bonds is 4. The number of hydrogen-bond acceptors (Lipinski definition) is 5. The highest BCUT2D eigenvalue weighted by Crippen LogP contribution is 2.22. The van der Waals surface area contributed by atoms with Crippen molar-refractivity contribution in [2.24, 2.45) is 5.92 Å². The Balaban J connectivity index is 2.00. The zero-order valence-electron chi connectivity index (χ0n) is 10.3. The van der Waals surface area contributed by atoms with Crippen LogP contribution in [-0.2, 0) is 0 Å². The van der Waals surface area contributed by atoms with Gasteiger partial charge in [0.15, 0.2) is 0 Å². The molecule has 2 heterocycles. The first-order valence-corrected chi connectivity index (χ1v) is 6.21. The van der Waals surface area contributed by atoms with Gasteiger partial charge in [0.25, 0.3) is 0 Å². The quantitative estimate of drug-likeness (QED) is 0.820. The lowest BCUT2D eigenvalue weighted by Gasteiger charge is -2.31. The minimum Gasteiger partial charge on any atom is -0.395 e. The molecule has 0 radical (unpaired) electrons. The fraction of sp³-hybridized carbons (Fsp3) is 0.667. The minimum absolute atomic E-state index is 0.112. The molecule has 0 amide bonds. The molecular weight excluding hydrogens is 216 g/mol. The van der Waals surface area contributed by atoms with Gasteiger partial charge in [0.2, 0.25) is 0 Å². The number of hydrogen-bond donors (Lipinski definition) is 2. The van der Waals surface area contributed by atoms with E-state index in [1.165, 1.54) is 12.8 Å². The van der Waals surface area contributed by atoms with E-state index in [9.17, 15) is 0 Å². The van der Waals surface area contributed by atoms with Crippen LogP contribution in [0.1, 0.15) is 19.8 Å². The SMILES string of the molecule is CC1CCN(c2cc(NCCO)ncn2)CC1. The van der Waals surface area contributed by atoms with Crippen molar-refractivity contribution in [3.63, 3.8) is 0 Å². The summed E-state index contributed by atoms with van der Waals surface area (Å²) < 4.78 is 0. The number of nitrogens with one attached hydrogen (secondary N) is 1. The van der Waals surface area contributed by atoms with Crippen molar-refractivity contribution in [3.05, 3.63) is 12.4 Å². The first-order chi connectivity index (χ1) is 8.29. The maximum atomic E-state index is 8.76. The zero-order chi connectivity index (χ0) is 12.1. The Hall–Kier alpha value is -1.36. The Morgan fingerprint density at radius 1 is 1.41 bits per heavy atom. The fourth-order valence-corrected chi connectivity index (χ4v) is 2.04. The van der Waals surface area contributed by atoms with Crippen LogP contribution >= 0.6 is 0 Å². The van der Waals surface area contributed by atoms with Crippen molar-refractivity contribution in [2.45, 2.75) is 19.8 Å². The third-order valence-electron chi connectivity index (χ3n) is 3.18. The van der Waals surface area contributed by atoms with Gasteiger partial charge < -0.3 is 15.3 Å². The summed E-state index contributed by atoms with van der Waals surface area (Å²) in [5.41, 5.74) is 0. The van der Waals surface area contributed by atoms with Crippen LogP contribution in [0, 0.1) is 5.92 Å². The average molecular weight is 236 g/mol. The summed E-state index contributed by atoms with van der Waals surface area (Å²) in [5.74, 6) is 2.58. The van der Waals surface area contributed by atoms with E-state index < -0.39 is 0 Å². The molecule has 94 valence electrons. The van der Waals surface area contributed by atoms with Gasteiger partial charge in [-0.25, -0.2) is 9.97 Å². The molecule has 0 aliphatic carbocycles. The monoisotopic (exact) mass is 236 g/mol. The van der Waals surface area contributed by atoms with Gasteiger partial charge in [-0.2, -0.15) is 0 Å². The van der Waals surface area contributed by atoms with Crippen LogP contribution in [0.4, 0.5) is 11.6 Å². The number of aromatic nitrogens is 2. The molecular formula is C12H20N4O. The van der Waals surface area contributed by atoms with E-state index in [0.29, 0.717) is 6.54 Å². The van der Waals surface area contributed by atoms with Crippen LogP contribution < -0.4 is 10.2 Å². The van der Waals surface area contributed by atoms with Gasteiger partial charge in [-0.3, -0.25) is 0 Å². The summed E-state index contributed by atoms with van der Waals surface area (Å²) in [6.07, 6.45) is 4.03. The Bertz CT molecular complexity index is 350. The third kappa shape index (κ3) is 3.30. The lowest BCUT2D eigenvalue weighted by atomic mass is 9.99. The molecule has 0 unspecified atom stereocenters. The molecule has 0 spiro atoms. The van der Waals surface area contributed by atoms with Gasteiger partial charge in [0, 0.05) is 25.7 Å². The topological polar surface area (TPSA) is 61.3 Å². The van der Waals surface area contributed by atoms with E-state index in [0.717, 1.165) is 30.6 Å². The molecule has 1 fully saturated rings. The van der Waals surface area contributed by atoms with Crippen LogP contribution in [0.15, 0.2) is 12.4 Å². The molecule has 0 atom stereocenters. The summed E-state index contributed by atoms with van der Waals surface area (Å²) in [7, 11) is 0. The maximum Gasteiger partial charge on any atom is 0.134 e. The van der Waals surface area contributed by atoms with Gasteiger partial charge in [-0.1, -0.05) is 6.92 Å². The van der Waals surface area contributed by atoms with E-state index in [1.807, 2.05) is 6.07 Å². The molecule has 1 aromatic heterocycles. The number of nitrogens with zero attached hydrogens (tertiary/aromatic N) is 3. The molecule has 2 rings (SSSR count). The Morgan fingerprint density at radius 3 is 2.88 bits per heavy atom. The maximum absolute atomic E-state index is 8.76. The van der Waals surface area contributed by atoms with Crippen LogP contribution in [0.3, 0.4) is 0 Å². The van der Waals surface area contributed by atoms with Gasteiger partial charge in [-0.15, -0.1) is 0 Å². The van der Waals surface area contributed by atoms with Gasteiger partial charge >= 0.3 is 0 Å². The second-order valence-corrected chi connectivity index (χ2v) is 4.58. The minimum atomic E-state index is 0.112. The predicted molar refractivity (Wildman–Crippen MR) is 68.2 cm³/mol. The highest BCUT2D eigenvalue weighted by atomic mass is 16.3. The zero-order valence-corrected chi connectivity index (χ0v) is 10.3. The summed E-state index contributed by atoms with van der Waals surface area (Å²) >= 11 is 0. The van der Waals surface area contributed by atoms with Crippen molar-refractivity contribution in [1.29, 1.82) is 0 Å². The Kier molecular flexibility index (Phi) is 4.14. The van der Waals surface area contributed by atoms with E-state index >= 15 is 0 Å². The van der Waals surface area contributed by atoms with Crippen molar-refractivity contribution < 1.29 is 5.11 Å². The van der Waals surface area contributed by atoms with Crippen molar-refractivity contribution in [1.82, 2.24) is 9.97 Å². The van der Waals surface area contributed by atoms with E-state index in [1.54, 1.807) is 6.33 Å². The molecule has 1 aliphatic heterocycles. The van der Waals surface area contributed by atoms with E-state index in [-0.39, 0.29) is 6.61 Å². The van der Waals surface area contributed by atoms with Crippen molar-refractivity contribution >= 4 is 11.6 Å². The largest absolute Gasteiger partial charge is 0.395 e. The Labute approximate surface area is 102 Å². The van der Waals surface area contributed by atoms with E-state index in [4.69, 9.17) is 5.11 Å². The highest BCUT2D eigenvalue weighted by molar-refractivity contribution is 5.48. The van der Waals surface area contributed by atoms with Crippen LogP contribution in [0.2, 0.25) is 0 Å². The summed E-state index contributed by atoms with van der Waals surface area (Å²) in [6.45, 7) is 5.06. The second-order valence-electron chi connectivity index (χ2n) is 4.58. The molecule has 1 aliphatic rings. The normalized spacial score (nSPS) is 17.2. The lowest BCUT2D eigenvalue weighted by Crippen LogP contribution is -2.33. The number of piperidine rings is 1. The molecule has 5 heteroatoms. The van der Waals surface area contributed by atoms with Gasteiger partial charge in [0.1, 0.15) is 18.0 Å². The van der Waals surface area contributed by atoms with Crippen molar-refractivity contribution in [3.8, 4) is 0 Å². The number of anilines is 2. The van der Waals surface area contributed by atoms with Crippen LogP contribution in [-0.4, -0.2) is 41.3 Å². The predicted octanol–water partition coefficient (Wildman–Crippen LogP) is 1.12. The Morgan fingerprint density at radius 2 is 2.18 bits per heavy atom. The standard InChI is InChI=1S/C12H20N4O/c1-10-2-5-16(6-3-10)12-8-11(13-4-7-17)14-9-15-12/h8-10,17H,2-7H2,1H3,(H,13,14,15). The second kappa shape index (κ2) is 5.82. The molecule has 0 saturated carbocycles. The molecule has 5 nitrogen and oxygen atoms in total. The van der Waals surface area contributed by atoms with Crippen LogP contribution in [0.5, 0.6) is 0 Å². The molecule has 2 N–H and O–H groups in total. The molecule has 0 bridgehead atoms. The first kappa shape index (κ1) is 12.1. The molecule has 0 aromatic carbocycles. The number of aliphatic hydroxyl groups is 1. The smallest absolute Gasteiger partial charge is 0.134 e. The summed E-state index contributed by atoms with van der Waals surface area (Å²) in [5, 5.41) is 11.8. The average Bonchev–Trinajstić information content (AvgIpc) is 2.37.